The minimum atomic E-state index is -0.437. The summed E-state index contributed by atoms with van der Waals surface area (Å²) in [6.07, 6.45) is 11.7. The second kappa shape index (κ2) is 14.0. The van der Waals surface area contributed by atoms with E-state index in [-0.39, 0.29) is 52.9 Å². The molecule has 0 heterocycles. The number of ether oxygens (including phenoxy) is 4. The van der Waals surface area contributed by atoms with Gasteiger partial charge in [0.15, 0.2) is 0 Å². The Kier molecular flexibility index (Phi) is 10.8. The van der Waals surface area contributed by atoms with Crippen LogP contribution in [0.1, 0.15) is 91.4 Å². The average Bonchev–Trinajstić information content (AvgIpc) is 3.38. The predicted octanol–water partition coefficient (Wildman–Crippen LogP) is 6.53. The summed E-state index contributed by atoms with van der Waals surface area (Å²) in [6.45, 7) is 17.8. The highest BCUT2D eigenvalue weighted by Gasteiger charge is 2.67. The topological polar surface area (TPSA) is 105 Å². The second-order valence-corrected chi connectivity index (χ2v) is 14.2. The van der Waals surface area contributed by atoms with Crippen LogP contribution in [0.3, 0.4) is 0 Å². The highest BCUT2D eigenvalue weighted by Crippen LogP contribution is 2.69. The van der Waals surface area contributed by atoms with Gasteiger partial charge in [0.25, 0.3) is 0 Å². The molecule has 4 rings (SSSR count). The predicted molar refractivity (Wildman–Crippen MR) is 166 cm³/mol. The van der Waals surface area contributed by atoms with E-state index in [0.717, 1.165) is 57.8 Å². The zero-order valence-electron chi connectivity index (χ0n) is 27.1. The second-order valence-electron chi connectivity index (χ2n) is 14.2. The number of carbonyl (C=O) groups is 4. The van der Waals surface area contributed by atoms with Gasteiger partial charge in [-0.1, -0.05) is 53.3 Å². The molecule has 0 aliphatic heterocycles. The van der Waals surface area contributed by atoms with Crippen molar-refractivity contribution in [2.75, 3.05) is 7.11 Å². The van der Waals surface area contributed by atoms with Crippen LogP contribution >= 0.6 is 0 Å². The van der Waals surface area contributed by atoms with Gasteiger partial charge in [-0.25, -0.2) is 14.4 Å². The molecule has 0 aromatic carbocycles. The molecule has 0 aromatic rings. The zero-order chi connectivity index (χ0) is 32.2. The SMILES string of the molecule is C=CC(=O)O[C@@H]1CC[C@]2(C)[C@H]3C[C@H](OC(=O)C=C)[C@]4(C)[C@@H]([C@H](C)CCCCC(=O)OC)CC[C@H]4[C@@H]3C[C@H](OC(=O)C=C)[C@@H]2C1. The Balaban J connectivity index is 1.64. The van der Waals surface area contributed by atoms with E-state index in [1.165, 1.54) is 25.3 Å². The van der Waals surface area contributed by atoms with Crippen LogP contribution in [0.15, 0.2) is 38.0 Å². The zero-order valence-corrected chi connectivity index (χ0v) is 27.1. The average molecular weight is 613 g/mol. The van der Waals surface area contributed by atoms with Gasteiger partial charge in [-0.3, -0.25) is 4.79 Å². The molecular weight excluding hydrogens is 560 g/mol. The van der Waals surface area contributed by atoms with Gasteiger partial charge in [0, 0.05) is 36.0 Å². The minimum Gasteiger partial charge on any atom is -0.469 e. The molecule has 0 bridgehead atoms. The number of esters is 4. The van der Waals surface area contributed by atoms with E-state index in [9.17, 15) is 19.2 Å². The quantitative estimate of drug-likeness (QED) is 0.106. The molecule has 0 spiro atoms. The summed E-state index contributed by atoms with van der Waals surface area (Å²) in [6, 6.07) is 0. The maximum absolute atomic E-state index is 12.8. The Bertz CT molecular complexity index is 1130. The van der Waals surface area contributed by atoms with Crippen molar-refractivity contribution >= 4 is 23.9 Å². The Morgan fingerprint density at radius 3 is 2.14 bits per heavy atom. The summed E-state index contributed by atoms with van der Waals surface area (Å²) in [7, 11) is 1.42. The Morgan fingerprint density at radius 1 is 0.818 bits per heavy atom. The first-order valence-electron chi connectivity index (χ1n) is 16.5. The van der Waals surface area contributed by atoms with E-state index < -0.39 is 11.9 Å². The Morgan fingerprint density at radius 2 is 1.48 bits per heavy atom. The van der Waals surface area contributed by atoms with Crippen LogP contribution in [0, 0.1) is 46.3 Å². The first-order chi connectivity index (χ1) is 20.9. The summed E-state index contributed by atoms with van der Waals surface area (Å²) in [5, 5.41) is 0. The van der Waals surface area contributed by atoms with Crippen molar-refractivity contribution in [2.24, 2.45) is 46.3 Å². The fourth-order valence-corrected chi connectivity index (χ4v) is 10.2. The van der Waals surface area contributed by atoms with Gasteiger partial charge < -0.3 is 18.9 Å². The van der Waals surface area contributed by atoms with Crippen molar-refractivity contribution in [3.8, 4) is 0 Å². The number of rotatable bonds is 12. The molecule has 8 heteroatoms. The van der Waals surface area contributed by atoms with E-state index in [2.05, 4.69) is 40.5 Å². The number of methoxy groups -OCH3 is 1. The molecule has 44 heavy (non-hydrogen) atoms. The molecule has 0 unspecified atom stereocenters. The lowest BCUT2D eigenvalue weighted by molar-refractivity contribution is -0.219. The molecule has 4 fully saturated rings. The van der Waals surface area contributed by atoms with Crippen LogP contribution in [-0.4, -0.2) is 49.3 Å². The van der Waals surface area contributed by atoms with Crippen molar-refractivity contribution in [3.63, 3.8) is 0 Å². The van der Waals surface area contributed by atoms with E-state index >= 15 is 0 Å². The van der Waals surface area contributed by atoms with Gasteiger partial charge in [0.2, 0.25) is 0 Å². The fraction of sp³-hybridized carbons (Fsp3) is 0.722. The van der Waals surface area contributed by atoms with Gasteiger partial charge >= 0.3 is 23.9 Å². The molecule has 0 saturated heterocycles. The van der Waals surface area contributed by atoms with E-state index in [1.807, 2.05) is 0 Å². The molecule has 0 radical (unpaired) electrons. The van der Waals surface area contributed by atoms with Crippen LogP contribution in [0.4, 0.5) is 0 Å². The van der Waals surface area contributed by atoms with Crippen LogP contribution in [-0.2, 0) is 38.1 Å². The summed E-state index contributed by atoms with van der Waals surface area (Å²) in [5.41, 5.74) is -0.432. The molecule has 244 valence electrons. The van der Waals surface area contributed by atoms with Crippen molar-refractivity contribution in [3.05, 3.63) is 38.0 Å². The van der Waals surface area contributed by atoms with Crippen molar-refractivity contribution in [1.82, 2.24) is 0 Å². The molecule has 8 nitrogen and oxygen atoms in total. The lowest BCUT2D eigenvalue weighted by Gasteiger charge is -2.64. The fourth-order valence-electron chi connectivity index (χ4n) is 10.2. The number of hydrogen-bond acceptors (Lipinski definition) is 8. The third kappa shape index (κ3) is 6.55. The van der Waals surface area contributed by atoms with E-state index in [0.29, 0.717) is 36.5 Å². The van der Waals surface area contributed by atoms with Crippen LogP contribution in [0.2, 0.25) is 0 Å². The van der Waals surface area contributed by atoms with E-state index in [4.69, 9.17) is 18.9 Å². The molecular formula is C36H52O8. The summed E-state index contributed by atoms with van der Waals surface area (Å²) >= 11 is 0. The van der Waals surface area contributed by atoms with Gasteiger partial charge in [-0.05, 0) is 86.4 Å². The molecule has 11 atom stereocenters. The lowest BCUT2D eigenvalue weighted by atomic mass is 9.43. The summed E-state index contributed by atoms with van der Waals surface area (Å²) in [5.74, 6) is 0.159. The number of hydrogen-bond donors (Lipinski definition) is 0. The maximum atomic E-state index is 12.8. The largest absolute Gasteiger partial charge is 0.469 e. The molecule has 4 saturated carbocycles. The first kappa shape index (κ1) is 34.0. The molecule has 4 aliphatic rings. The summed E-state index contributed by atoms with van der Waals surface area (Å²) in [4.78, 5) is 49.1. The van der Waals surface area contributed by atoms with E-state index in [1.54, 1.807) is 0 Å². The third-order valence-electron chi connectivity index (χ3n) is 12.3. The first-order valence-corrected chi connectivity index (χ1v) is 16.5. The highest BCUT2D eigenvalue weighted by atomic mass is 16.6. The third-order valence-corrected chi connectivity index (χ3v) is 12.3. The smallest absolute Gasteiger partial charge is 0.330 e. The molecule has 0 aromatic heterocycles. The monoisotopic (exact) mass is 612 g/mol. The van der Waals surface area contributed by atoms with Gasteiger partial charge in [-0.15, -0.1) is 0 Å². The highest BCUT2D eigenvalue weighted by molar-refractivity contribution is 5.82. The Labute approximate surface area is 263 Å². The normalized spacial score (nSPS) is 38.0. The van der Waals surface area contributed by atoms with Gasteiger partial charge in [-0.2, -0.15) is 0 Å². The number of fused-ring (bicyclic) bond motifs is 5. The van der Waals surface area contributed by atoms with Gasteiger partial charge in [0.05, 0.1) is 7.11 Å². The summed E-state index contributed by atoms with van der Waals surface area (Å²) < 4.78 is 22.9. The standard InChI is InChI=1S/C36H52O8/c1-8-31(37)42-23-17-18-35(5)27-21-30(44-33(39)10-3)36(6)25(22(4)13-11-12-14-34(40)41-7)15-16-26(36)24(27)20-29(28(35)19-23)43-32(38)9-2/h8-10,22-30H,1-3,11-21H2,4-7H3/t22-,23-,24+,25-,26+,27+,28+,29+,30+,35-,36-/m1/s1. The van der Waals surface area contributed by atoms with Gasteiger partial charge in [0.1, 0.15) is 18.3 Å². The van der Waals surface area contributed by atoms with Crippen LogP contribution in [0.5, 0.6) is 0 Å². The van der Waals surface area contributed by atoms with Crippen molar-refractivity contribution in [1.29, 1.82) is 0 Å². The lowest BCUT2D eigenvalue weighted by Crippen LogP contribution is -2.62. The molecule has 4 aliphatic carbocycles. The maximum Gasteiger partial charge on any atom is 0.330 e. The van der Waals surface area contributed by atoms with Crippen LogP contribution in [0.25, 0.3) is 0 Å². The molecule has 0 N–H and O–H groups in total. The minimum absolute atomic E-state index is 0.00457. The van der Waals surface area contributed by atoms with Crippen LogP contribution < -0.4 is 0 Å². The number of unbranched alkanes of at least 4 members (excludes halogenated alkanes) is 1. The van der Waals surface area contributed by atoms with Crippen molar-refractivity contribution in [2.45, 2.75) is 110 Å². The Hall–Kier alpha value is -2.90. The number of carbonyl (C=O) groups excluding carboxylic acids is 4. The van der Waals surface area contributed by atoms with Crippen molar-refractivity contribution < 1.29 is 38.1 Å². The molecule has 0 amide bonds.